The number of hydrogen-bond donors (Lipinski definition) is 0. The Hall–Kier alpha value is -1.26. The SMILES string of the molecule is C[C@@H]1Sc2ccccc2N1CN1c2ccccc2S[C@@H]1C. The van der Waals surface area contributed by atoms with E-state index in [1.54, 1.807) is 0 Å². The lowest BCUT2D eigenvalue weighted by Gasteiger charge is -2.33. The van der Waals surface area contributed by atoms with Gasteiger partial charge in [-0.05, 0) is 38.1 Å². The van der Waals surface area contributed by atoms with Crippen molar-refractivity contribution in [3.8, 4) is 0 Å². The second-order valence-electron chi connectivity index (χ2n) is 5.45. The van der Waals surface area contributed by atoms with Crippen LogP contribution in [0.1, 0.15) is 13.8 Å². The maximum atomic E-state index is 2.51. The molecule has 0 bridgehead atoms. The van der Waals surface area contributed by atoms with E-state index in [4.69, 9.17) is 0 Å². The number of anilines is 2. The molecule has 0 saturated heterocycles. The minimum absolute atomic E-state index is 0.493. The maximum Gasteiger partial charge on any atom is 0.0925 e. The molecule has 0 spiro atoms. The molecule has 2 aliphatic heterocycles. The molecule has 4 heteroatoms. The van der Waals surface area contributed by atoms with Crippen LogP contribution >= 0.6 is 23.5 Å². The zero-order valence-corrected chi connectivity index (χ0v) is 13.8. The van der Waals surface area contributed by atoms with Gasteiger partial charge in [-0.15, -0.1) is 0 Å². The zero-order chi connectivity index (χ0) is 14.4. The van der Waals surface area contributed by atoms with E-state index in [-0.39, 0.29) is 0 Å². The fourth-order valence-electron chi connectivity index (χ4n) is 3.02. The van der Waals surface area contributed by atoms with Gasteiger partial charge in [-0.1, -0.05) is 47.8 Å². The summed E-state index contributed by atoms with van der Waals surface area (Å²) < 4.78 is 0. The van der Waals surface area contributed by atoms with Gasteiger partial charge in [0.25, 0.3) is 0 Å². The fourth-order valence-corrected chi connectivity index (χ4v) is 5.30. The average molecular weight is 314 g/mol. The Balaban J connectivity index is 1.65. The lowest BCUT2D eigenvalue weighted by Crippen LogP contribution is -2.41. The Kier molecular flexibility index (Phi) is 3.31. The van der Waals surface area contributed by atoms with Crippen molar-refractivity contribution in [1.29, 1.82) is 0 Å². The highest BCUT2D eigenvalue weighted by Crippen LogP contribution is 2.46. The molecule has 2 nitrogen and oxygen atoms in total. The predicted octanol–water partition coefficient (Wildman–Crippen LogP) is 4.86. The highest BCUT2D eigenvalue weighted by molar-refractivity contribution is 8.00. The molecule has 108 valence electrons. The minimum atomic E-state index is 0.493. The third-order valence-corrected chi connectivity index (χ3v) is 6.52. The van der Waals surface area contributed by atoms with Gasteiger partial charge < -0.3 is 9.80 Å². The highest BCUT2D eigenvalue weighted by Gasteiger charge is 2.32. The van der Waals surface area contributed by atoms with Gasteiger partial charge in [-0.25, -0.2) is 0 Å². The quantitative estimate of drug-likeness (QED) is 0.780. The first kappa shape index (κ1) is 13.4. The molecular formula is C17H18N2S2. The molecule has 0 radical (unpaired) electrons. The number of fused-ring (bicyclic) bond motifs is 2. The summed E-state index contributed by atoms with van der Waals surface area (Å²) in [4.78, 5) is 7.83. The van der Waals surface area contributed by atoms with E-state index in [9.17, 15) is 0 Å². The Morgan fingerprint density at radius 3 is 1.67 bits per heavy atom. The van der Waals surface area contributed by atoms with Crippen molar-refractivity contribution < 1.29 is 0 Å². The summed E-state index contributed by atoms with van der Waals surface area (Å²) >= 11 is 3.91. The Labute approximate surface area is 134 Å². The van der Waals surface area contributed by atoms with E-state index < -0.39 is 0 Å². The van der Waals surface area contributed by atoms with Crippen LogP contribution < -0.4 is 9.80 Å². The van der Waals surface area contributed by atoms with E-state index in [0.29, 0.717) is 10.7 Å². The van der Waals surface area contributed by atoms with Crippen molar-refractivity contribution in [2.75, 3.05) is 16.5 Å². The lowest BCUT2D eigenvalue weighted by molar-refractivity contribution is 0.722. The van der Waals surface area contributed by atoms with Gasteiger partial charge in [0.1, 0.15) is 0 Å². The molecule has 0 N–H and O–H groups in total. The predicted molar refractivity (Wildman–Crippen MR) is 93.3 cm³/mol. The van der Waals surface area contributed by atoms with Gasteiger partial charge in [0.15, 0.2) is 0 Å². The number of benzene rings is 2. The molecule has 2 aromatic carbocycles. The molecule has 2 aliphatic rings. The molecule has 0 saturated carbocycles. The van der Waals surface area contributed by atoms with Gasteiger partial charge in [-0.2, -0.15) is 0 Å². The second kappa shape index (κ2) is 5.18. The first-order valence-electron chi connectivity index (χ1n) is 7.29. The average Bonchev–Trinajstić information content (AvgIpc) is 2.97. The standard InChI is InChI=1S/C17H18N2S2/c1-12-18(14-7-3-5-9-16(14)20-12)11-19-13(2)21-17-10-6-4-8-15(17)19/h3-10,12-13H,11H2,1-2H3/t12-,13+. The van der Waals surface area contributed by atoms with Crippen LogP contribution in [-0.4, -0.2) is 17.4 Å². The van der Waals surface area contributed by atoms with Crippen molar-refractivity contribution in [3.05, 3.63) is 48.5 Å². The summed E-state index contributed by atoms with van der Waals surface area (Å²) in [6.07, 6.45) is 0. The van der Waals surface area contributed by atoms with Crippen LogP contribution in [0.3, 0.4) is 0 Å². The Bertz CT molecular complexity index is 616. The fraction of sp³-hybridized carbons (Fsp3) is 0.294. The number of thioether (sulfide) groups is 2. The number of rotatable bonds is 2. The molecule has 2 heterocycles. The Morgan fingerprint density at radius 2 is 1.19 bits per heavy atom. The smallest absolute Gasteiger partial charge is 0.0925 e. The molecule has 2 atom stereocenters. The molecule has 0 fully saturated rings. The summed E-state index contributed by atoms with van der Waals surface area (Å²) in [5, 5.41) is 0.986. The van der Waals surface area contributed by atoms with Crippen molar-refractivity contribution in [2.45, 2.75) is 34.4 Å². The van der Waals surface area contributed by atoms with E-state index in [2.05, 4.69) is 72.2 Å². The van der Waals surface area contributed by atoms with Gasteiger partial charge in [-0.3, -0.25) is 0 Å². The van der Waals surface area contributed by atoms with Gasteiger partial charge in [0, 0.05) is 9.79 Å². The zero-order valence-electron chi connectivity index (χ0n) is 12.2. The number of nitrogens with zero attached hydrogens (tertiary/aromatic N) is 2. The van der Waals surface area contributed by atoms with Crippen LogP contribution in [0.25, 0.3) is 0 Å². The largest absolute Gasteiger partial charge is 0.341 e. The monoisotopic (exact) mass is 314 g/mol. The third kappa shape index (κ3) is 2.21. The normalized spacial score (nSPS) is 23.3. The summed E-state index contributed by atoms with van der Waals surface area (Å²) in [7, 11) is 0. The van der Waals surface area contributed by atoms with Crippen LogP contribution in [0, 0.1) is 0 Å². The topological polar surface area (TPSA) is 6.48 Å². The summed E-state index contributed by atoms with van der Waals surface area (Å²) in [5.74, 6) is 0. The number of para-hydroxylation sites is 2. The molecule has 21 heavy (non-hydrogen) atoms. The molecular weight excluding hydrogens is 296 g/mol. The summed E-state index contributed by atoms with van der Waals surface area (Å²) in [5.41, 5.74) is 2.74. The lowest BCUT2D eigenvalue weighted by atomic mass is 10.2. The third-order valence-electron chi connectivity index (χ3n) is 4.13. The minimum Gasteiger partial charge on any atom is -0.341 e. The second-order valence-corrected chi connectivity index (χ2v) is 8.17. The molecule has 0 amide bonds. The first-order chi connectivity index (χ1) is 10.2. The van der Waals surface area contributed by atoms with E-state index in [1.807, 2.05) is 23.5 Å². The van der Waals surface area contributed by atoms with Gasteiger partial charge in [0.2, 0.25) is 0 Å². The van der Waals surface area contributed by atoms with Crippen LogP contribution in [0.2, 0.25) is 0 Å². The van der Waals surface area contributed by atoms with Gasteiger partial charge >= 0.3 is 0 Å². The van der Waals surface area contributed by atoms with E-state index in [0.717, 1.165) is 6.67 Å². The molecule has 0 unspecified atom stereocenters. The van der Waals surface area contributed by atoms with Crippen LogP contribution in [0.5, 0.6) is 0 Å². The summed E-state index contributed by atoms with van der Waals surface area (Å²) in [6, 6.07) is 17.5. The highest BCUT2D eigenvalue weighted by atomic mass is 32.2. The van der Waals surface area contributed by atoms with Crippen molar-refractivity contribution in [3.63, 3.8) is 0 Å². The molecule has 0 aromatic heterocycles. The van der Waals surface area contributed by atoms with Crippen molar-refractivity contribution >= 4 is 34.9 Å². The van der Waals surface area contributed by atoms with Crippen LogP contribution in [0.15, 0.2) is 58.3 Å². The summed E-state index contributed by atoms with van der Waals surface area (Å²) in [6.45, 7) is 5.55. The van der Waals surface area contributed by atoms with Crippen LogP contribution in [0.4, 0.5) is 11.4 Å². The van der Waals surface area contributed by atoms with Crippen molar-refractivity contribution in [2.24, 2.45) is 0 Å². The van der Waals surface area contributed by atoms with Crippen molar-refractivity contribution in [1.82, 2.24) is 0 Å². The number of hydrogen-bond acceptors (Lipinski definition) is 4. The van der Waals surface area contributed by atoms with E-state index in [1.165, 1.54) is 21.2 Å². The first-order valence-corrected chi connectivity index (χ1v) is 9.04. The molecule has 4 rings (SSSR count). The van der Waals surface area contributed by atoms with Gasteiger partial charge in [0.05, 0.1) is 28.8 Å². The maximum absolute atomic E-state index is 2.51. The Morgan fingerprint density at radius 1 is 0.762 bits per heavy atom. The van der Waals surface area contributed by atoms with Crippen LogP contribution in [-0.2, 0) is 0 Å². The van der Waals surface area contributed by atoms with E-state index >= 15 is 0 Å². The molecule has 2 aromatic rings. The molecule has 0 aliphatic carbocycles.